The molecule has 8 nitrogen and oxygen atoms in total. The lowest BCUT2D eigenvalue weighted by atomic mass is 10.0. The van der Waals surface area contributed by atoms with Gasteiger partial charge in [-0.2, -0.15) is 13.2 Å². The predicted molar refractivity (Wildman–Crippen MR) is 142 cm³/mol. The van der Waals surface area contributed by atoms with Crippen molar-refractivity contribution in [2.24, 2.45) is 10.9 Å². The molecule has 1 atom stereocenters. The van der Waals surface area contributed by atoms with E-state index in [-0.39, 0.29) is 18.1 Å². The number of halogens is 3. The fraction of sp³-hybridized carbons (Fsp3) is 0.593. The first-order valence-electron chi connectivity index (χ1n) is 13.0. The minimum atomic E-state index is -4.17. The molecule has 2 fully saturated rings. The molecule has 0 bridgehead atoms. The number of amidine groups is 1. The number of nitrogens with zero attached hydrogens (tertiary/aromatic N) is 4. The van der Waals surface area contributed by atoms with Crippen molar-refractivity contribution < 1.29 is 27.5 Å². The Kier molecular flexibility index (Phi) is 10.5. The average molecular weight is 538 g/mol. The summed E-state index contributed by atoms with van der Waals surface area (Å²) in [5, 5.41) is 3.11. The number of rotatable bonds is 9. The number of amides is 1. The van der Waals surface area contributed by atoms with Gasteiger partial charge in [-0.1, -0.05) is 19.1 Å². The Morgan fingerprint density at radius 1 is 1.21 bits per heavy atom. The number of nitrogens with one attached hydrogen (secondary N) is 1. The van der Waals surface area contributed by atoms with Crippen LogP contribution >= 0.6 is 0 Å². The van der Waals surface area contributed by atoms with Crippen LogP contribution in [0.5, 0.6) is 0 Å². The summed E-state index contributed by atoms with van der Waals surface area (Å²) in [6.45, 7) is 8.12. The van der Waals surface area contributed by atoms with Gasteiger partial charge in [-0.05, 0) is 43.9 Å². The van der Waals surface area contributed by atoms with Crippen LogP contribution in [0.2, 0.25) is 0 Å². The van der Waals surface area contributed by atoms with Gasteiger partial charge < -0.3 is 19.7 Å². The summed E-state index contributed by atoms with van der Waals surface area (Å²) in [6, 6.07) is 6.13. The number of ether oxygens (including phenoxy) is 1. The van der Waals surface area contributed by atoms with E-state index in [4.69, 9.17) is 14.5 Å². The minimum absolute atomic E-state index is 0.0708. The van der Waals surface area contributed by atoms with Crippen molar-refractivity contribution in [3.63, 3.8) is 0 Å². The number of alkyl halides is 3. The van der Waals surface area contributed by atoms with Gasteiger partial charge in [-0.15, -0.1) is 0 Å². The number of benzene rings is 1. The molecule has 4 rings (SSSR count). The highest BCUT2D eigenvalue weighted by atomic mass is 19.4. The van der Waals surface area contributed by atoms with E-state index in [1.165, 1.54) is 4.90 Å². The SMILES string of the molecule is C=O.CCc1ccc(C2=CCN(CC(OC)N3CCN(CC(F)(F)F)CC3)C(C)=N2)c(NC(=O)C2CC2)c1. The Morgan fingerprint density at radius 2 is 1.89 bits per heavy atom. The number of anilines is 1. The van der Waals surface area contributed by atoms with Gasteiger partial charge in [0.1, 0.15) is 18.9 Å². The lowest BCUT2D eigenvalue weighted by molar-refractivity contribution is -0.153. The molecule has 2 heterocycles. The maximum atomic E-state index is 12.7. The molecular formula is C27H38F3N5O3. The van der Waals surface area contributed by atoms with Gasteiger partial charge in [-0.25, -0.2) is 4.99 Å². The molecule has 0 radical (unpaired) electrons. The Morgan fingerprint density at radius 3 is 2.45 bits per heavy atom. The molecule has 0 spiro atoms. The number of methoxy groups -OCH3 is 1. The van der Waals surface area contributed by atoms with Gasteiger partial charge in [0.25, 0.3) is 0 Å². The van der Waals surface area contributed by atoms with E-state index < -0.39 is 12.7 Å². The fourth-order valence-corrected chi connectivity index (χ4v) is 4.71. The average Bonchev–Trinajstić information content (AvgIpc) is 3.75. The first-order chi connectivity index (χ1) is 18.2. The van der Waals surface area contributed by atoms with Crippen LogP contribution in [-0.2, 0) is 20.7 Å². The fourth-order valence-electron chi connectivity index (χ4n) is 4.71. The molecule has 1 amide bonds. The maximum absolute atomic E-state index is 12.7. The summed E-state index contributed by atoms with van der Waals surface area (Å²) in [4.78, 5) is 31.0. The number of hydrogen-bond donors (Lipinski definition) is 1. The monoisotopic (exact) mass is 537 g/mol. The standard InChI is InChI=1S/C26H36F3N5O2.CH2O/c1-4-19-5-8-21(23(15-19)31-25(35)20-6-7-20)22-9-10-34(18(2)30-22)16-24(36-3)33-13-11-32(12-14-33)17-26(27,28)29;1-2/h5,8-9,15,20,24H,4,6-7,10-14,16-17H2,1-3H3,(H,31,35);1H2. The minimum Gasteiger partial charge on any atom is -0.364 e. The van der Waals surface area contributed by atoms with Crippen molar-refractivity contribution in [1.29, 1.82) is 0 Å². The summed E-state index contributed by atoms with van der Waals surface area (Å²) >= 11 is 0. The van der Waals surface area contributed by atoms with Gasteiger partial charge in [-0.3, -0.25) is 14.6 Å². The number of carbonyl (C=O) groups is 2. The molecule has 38 heavy (non-hydrogen) atoms. The van der Waals surface area contributed by atoms with E-state index in [9.17, 15) is 18.0 Å². The van der Waals surface area contributed by atoms with E-state index in [1.54, 1.807) is 7.11 Å². The predicted octanol–water partition coefficient (Wildman–Crippen LogP) is 3.64. The second kappa shape index (κ2) is 13.3. The molecule has 210 valence electrons. The smallest absolute Gasteiger partial charge is 0.364 e. The van der Waals surface area contributed by atoms with Gasteiger partial charge in [0.2, 0.25) is 5.91 Å². The van der Waals surface area contributed by atoms with Gasteiger partial charge in [0, 0.05) is 51.3 Å². The molecule has 1 aromatic carbocycles. The number of aliphatic imine (C=N–C) groups is 1. The maximum Gasteiger partial charge on any atom is 0.401 e. The summed E-state index contributed by atoms with van der Waals surface area (Å²) in [6.07, 6.45) is 0.407. The highest BCUT2D eigenvalue weighted by Gasteiger charge is 2.34. The third-order valence-corrected chi connectivity index (χ3v) is 7.08. The highest BCUT2D eigenvalue weighted by Crippen LogP contribution is 2.33. The van der Waals surface area contributed by atoms with Crippen molar-refractivity contribution >= 4 is 29.9 Å². The Balaban J connectivity index is 0.00000195. The van der Waals surface area contributed by atoms with E-state index >= 15 is 0 Å². The quantitative estimate of drug-likeness (QED) is 0.519. The van der Waals surface area contributed by atoms with Crippen molar-refractivity contribution in [1.82, 2.24) is 14.7 Å². The lowest BCUT2D eigenvalue weighted by Crippen LogP contribution is -2.55. The highest BCUT2D eigenvalue weighted by molar-refractivity contribution is 5.98. The van der Waals surface area contributed by atoms with Crippen LogP contribution in [0.4, 0.5) is 18.9 Å². The third kappa shape index (κ3) is 8.12. The van der Waals surface area contributed by atoms with Crippen LogP contribution in [0.15, 0.2) is 29.3 Å². The van der Waals surface area contributed by atoms with Crippen LogP contribution < -0.4 is 5.32 Å². The lowest BCUT2D eigenvalue weighted by Gasteiger charge is -2.40. The molecule has 1 aliphatic carbocycles. The molecule has 1 unspecified atom stereocenters. The summed E-state index contributed by atoms with van der Waals surface area (Å²) in [5.74, 6) is 1.02. The van der Waals surface area contributed by atoms with E-state index in [1.807, 2.05) is 25.8 Å². The molecule has 11 heteroatoms. The second-order valence-electron chi connectivity index (χ2n) is 9.77. The van der Waals surface area contributed by atoms with Gasteiger partial charge in [0.05, 0.1) is 24.5 Å². The second-order valence-corrected chi connectivity index (χ2v) is 9.77. The van der Waals surface area contributed by atoms with Gasteiger partial charge >= 0.3 is 6.18 Å². The van der Waals surface area contributed by atoms with E-state index in [2.05, 4.69) is 34.2 Å². The van der Waals surface area contributed by atoms with Crippen LogP contribution in [0.3, 0.4) is 0 Å². The number of carbonyl (C=O) groups excluding carboxylic acids is 2. The van der Waals surface area contributed by atoms with Crippen molar-refractivity contribution in [3.8, 4) is 0 Å². The zero-order valence-electron chi connectivity index (χ0n) is 22.4. The number of piperazine rings is 1. The first-order valence-corrected chi connectivity index (χ1v) is 13.0. The Bertz CT molecular complexity index is 1020. The molecular weight excluding hydrogens is 499 g/mol. The van der Waals surface area contributed by atoms with Crippen molar-refractivity contribution in [2.75, 3.05) is 58.2 Å². The summed E-state index contributed by atoms with van der Waals surface area (Å²) in [7, 11) is 1.63. The normalized spacial score (nSPS) is 19.7. The largest absolute Gasteiger partial charge is 0.401 e. The van der Waals surface area contributed by atoms with Crippen LogP contribution in [0.25, 0.3) is 5.70 Å². The molecule has 3 aliphatic rings. The van der Waals surface area contributed by atoms with E-state index in [0.717, 1.165) is 47.6 Å². The topological polar surface area (TPSA) is 77.5 Å². The molecule has 2 aliphatic heterocycles. The van der Waals surface area contributed by atoms with Crippen LogP contribution in [0, 0.1) is 5.92 Å². The van der Waals surface area contributed by atoms with Gasteiger partial charge in [0.15, 0.2) is 0 Å². The number of aryl methyl sites for hydroxylation is 1. The van der Waals surface area contributed by atoms with Crippen LogP contribution in [-0.4, -0.2) is 98.6 Å². The molecule has 1 N–H and O–H groups in total. The molecule has 1 aromatic rings. The van der Waals surface area contributed by atoms with Crippen molar-refractivity contribution in [3.05, 3.63) is 35.4 Å². The van der Waals surface area contributed by atoms with Crippen molar-refractivity contribution in [2.45, 2.75) is 45.5 Å². The van der Waals surface area contributed by atoms with E-state index in [0.29, 0.717) is 39.3 Å². The van der Waals surface area contributed by atoms with Crippen LogP contribution in [0.1, 0.15) is 37.8 Å². The summed E-state index contributed by atoms with van der Waals surface area (Å²) in [5.41, 5.74) is 3.69. The molecule has 0 aromatic heterocycles. The molecule has 1 saturated heterocycles. The number of hydrogen-bond acceptors (Lipinski definition) is 7. The zero-order valence-corrected chi connectivity index (χ0v) is 22.4. The molecule has 1 saturated carbocycles. The first kappa shape index (κ1) is 29.8. The zero-order chi connectivity index (χ0) is 27.9. The Hall–Kier alpha value is -2.76. The Labute approximate surface area is 222 Å². The third-order valence-electron chi connectivity index (χ3n) is 7.08. The summed E-state index contributed by atoms with van der Waals surface area (Å²) < 4.78 is 43.8.